The lowest BCUT2D eigenvalue weighted by molar-refractivity contribution is 0.0983. The molecule has 1 aliphatic rings. The van der Waals surface area contributed by atoms with E-state index in [0.29, 0.717) is 39.2 Å². The van der Waals surface area contributed by atoms with Gasteiger partial charge in [-0.15, -0.1) is 0 Å². The number of hydrogen-bond acceptors (Lipinski definition) is 3. The van der Waals surface area contributed by atoms with E-state index >= 15 is 0 Å². The first-order chi connectivity index (χ1) is 15.5. The number of nitrogens with one attached hydrogen (secondary N) is 1. The summed E-state index contributed by atoms with van der Waals surface area (Å²) in [6.45, 7) is 0.613. The normalized spacial score (nSPS) is 13.2. The third-order valence-corrected chi connectivity index (χ3v) is 6.03. The molecular formula is C25H22Cl2N2O3. The van der Waals surface area contributed by atoms with E-state index in [2.05, 4.69) is 5.32 Å². The number of hydrogen-bond donors (Lipinski definition) is 1. The van der Waals surface area contributed by atoms with Crippen LogP contribution in [-0.2, 0) is 6.42 Å². The fourth-order valence-corrected chi connectivity index (χ4v) is 4.29. The zero-order valence-electron chi connectivity index (χ0n) is 17.5. The van der Waals surface area contributed by atoms with Crippen molar-refractivity contribution >= 4 is 46.4 Å². The predicted molar refractivity (Wildman–Crippen MR) is 128 cm³/mol. The molecule has 2 amide bonds. The number of rotatable bonds is 4. The van der Waals surface area contributed by atoms with Crippen molar-refractivity contribution in [3.8, 4) is 5.75 Å². The number of halogens is 2. The van der Waals surface area contributed by atoms with Crippen molar-refractivity contribution in [1.82, 2.24) is 0 Å². The molecule has 32 heavy (non-hydrogen) atoms. The van der Waals surface area contributed by atoms with Gasteiger partial charge in [0, 0.05) is 29.0 Å². The van der Waals surface area contributed by atoms with Crippen molar-refractivity contribution in [3.63, 3.8) is 0 Å². The average molecular weight is 469 g/mol. The zero-order chi connectivity index (χ0) is 22.7. The summed E-state index contributed by atoms with van der Waals surface area (Å²) in [4.78, 5) is 27.8. The Balaban J connectivity index is 1.61. The van der Waals surface area contributed by atoms with Crippen molar-refractivity contribution < 1.29 is 14.3 Å². The van der Waals surface area contributed by atoms with Crippen LogP contribution in [0.2, 0.25) is 10.0 Å². The summed E-state index contributed by atoms with van der Waals surface area (Å²) in [5.74, 6) is -0.113. The molecule has 0 spiro atoms. The second kappa shape index (κ2) is 9.63. The van der Waals surface area contributed by atoms with E-state index < -0.39 is 0 Å². The van der Waals surface area contributed by atoms with Crippen LogP contribution in [0.1, 0.15) is 39.1 Å². The molecule has 0 saturated carbocycles. The van der Waals surface area contributed by atoms with E-state index in [1.165, 1.54) is 7.11 Å². The number of carbonyl (C=O) groups excluding carboxylic acids is 2. The number of fused-ring (bicyclic) bond motifs is 1. The highest BCUT2D eigenvalue weighted by molar-refractivity contribution is 6.34. The number of amides is 2. The van der Waals surface area contributed by atoms with E-state index in [1.54, 1.807) is 53.4 Å². The minimum atomic E-state index is -0.338. The highest BCUT2D eigenvalue weighted by Crippen LogP contribution is 2.32. The second-order valence-electron chi connectivity index (χ2n) is 7.54. The minimum Gasteiger partial charge on any atom is -0.496 e. The third kappa shape index (κ3) is 4.59. The Morgan fingerprint density at radius 3 is 2.56 bits per heavy atom. The van der Waals surface area contributed by atoms with E-state index in [-0.39, 0.29) is 11.8 Å². The van der Waals surface area contributed by atoms with E-state index in [0.717, 1.165) is 30.5 Å². The second-order valence-corrected chi connectivity index (χ2v) is 8.38. The smallest absolute Gasteiger partial charge is 0.262 e. The summed E-state index contributed by atoms with van der Waals surface area (Å²) >= 11 is 12.3. The molecule has 7 heteroatoms. The topological polar surface area (TPSA) is 58.6 Å². The maximum Gasteiger partial charge on any atom is 0.262 e. The molecule has 0 atom stereocenters. The molecule has 1 aliphatic heterocycles. The van der Waals surface area contributed by atoms with Gasteiger partial charge in [-0.3, -0.25) is 9.59 Å². The number of methoxy groups -OCH3 is 1. The molecule has 3 aromatic rings. The van der Waals surface area contributed by atoms with Gasteiger partial charge < -0.3 is 15.0 Å². The number of nitrogens with zero attached hydrogens (tertiary/aromatic N) is 1. The van der Waals surface area contributed by atoms with Gasteiger partial charge in [0.2, 0.25) is 0 Å². The molecule has 4 rings (SSSR count). The Morgan fingerprint density at radius 2 is 1.78 bits per heavy atom. The van der Waals surface area contributed by atoms with Crippen molar-refractivity contribution in [1.29, 1.82) is 0 Å². The van der Waals surface area contributed by atoms with Gasteiger partial charge in [-0.25, -0.2) is 0 Å². The number of anilines is 2. The Kier molecular flexibility index (Phi) is 6.68. The van der Waals surface area contributed by atoms with Crippen LogP contribution >= 0.6 is 23.2 Å². The van der Waals surface area contributed by atoms with Gasteiger partial charge in [-0.1, -0.05) is 35.3 Å². The Morgan fingerprint density at radius 1 is 0.969 bits per heavy atom. The van der Waals surface area contributed by atoms with Crippen LogP contribution in [0.5, 0.6) is 5.75 Å². The molecule has 0 bridgehead atoms. The average Bonchev–Trinajstić information content (AvgIpc) is 3.00. The lowest BCUT2D eigenvalue weighted by Crippen LogP contribution is -2.32. The molecule has 3 aromatic carbocycles. The first-order valence-electron chi connectivity index (χ1n) is 10.3. The summed E-state index contributed by atoms with van der Waals surface area (Å²) in [6, 6.07) is 17.4. The molecule has 0 aliphatic carbocycles. The maximum atomic E-state index is 13.5. The van der Waals surface area contributed by atoms with Crippen molar-refractivity contribution in [2.24, 2.45) is 0 Å². The molecule has 0 radical (unpaired) electrons. The van der Waals surface area contributed by atoms with Crippen molar-refractivity contribution in [2.75, 3.05) is 23.9 Å². The largest absolute Gasteiger partial charge is 0.496 e. The van der Waals surface area contributed by atoms with Crippen LogP contribution in [0, 0.1) is 0 Å². The van der Waals surface area contributed by atoms with Crippen LogP contribution in [0.25, 0.3) is 0 Å². The summed E-state index contributed by atoms with van der Waals surface area (Å²) in [6.07, 6.45) is 2.76. The van der Waals surface area contributed by atoms with Gasteiger partial charge in [0.1, 0.15) is 5.75 Å². The SMILES string of the molecule is COc1cc(NC(=O)c2ccccc2Cl)ccc1C(=O)N1CCCCc2cc(Cl)ccc21. The number of ether oxygens (including phenoxy) is 1. The lowest BCUT2D eigenvalue weighted by Gasteiger charge is -2.24. The van der Waals surface area contributed by atoms with Crippen LogP contribution < -0.4 is 15.0 Å². The first kappa shape index (κ1) is 22.2. The van der Waals surface area contributed by atoms with Gasteiger partial charge >= 0.3 is 0 Å². The Labute approximate surface area is 196 Å². The van der Waals surface area contributed by atoms with E-state index in [1.807, 2.05) is 12.1 Å². The van der Waals surface area contributed by atoms with E-state index in [9.17, 15) is 9.59 Å². The Bertz CT molecular complexity index is 1180. The molecule has 164 valence electrons. The van der Waals surface area contributed by atoms with E-state index in [4.69, 9.17) is 27.9 Å². The fourth-order valence-electron chi connectivity index (χ4n) is 3.87. The van der Waals surface area contributed by atoms with Crippen LogP contribution in [0.15, 0.2) is 60.7 Å². The summed E-state index contributed by atoms with van der Waals surface area (Å²) < 4.78 is 5.50. The lowest BCUT2D eigenvalue weighted by atomic mass is 10.1. The zero-order valence-corrected chi connectivity index (χ0v) is 19.0. The van der Waals surface area contributed by atoms with Gasteiger partial charge in [0.05, 0.1) is 23.3 Å². The number of aryl methyl sites for hydroxylation is 1. The molecular weight excluding hydrogens is 447 g/mol. The molecule has 1 N–H and O–H groups in total. The van der Waals surface area contributed by atoms with Crippen LogP contribution in [0.4, 0.5) is 11.4 Å². The monoisotopic (exact) mass is 468 g/mol. The molecule has 0 aromatic heterocycles. The highest BCUT2D eigenvalue weighted by atomic mass is 35.5. The third-order valence-electron chi connectivity index (χ3n) is 5.46. The van der Waals surface area contributed by atoms with Crippen molar-refractivity contribution in [2.45, 2.75) is 19.3 Å². The number of carbonyl (C=O) groups is 2. The minimum absolute atomic E-state index is 0.156. The summed E-state index contributed by atoms with van der Waals surface area (Å²) in [5, 5.41) is 3.83. The van der Waals surface area contributed by atoms with Crippen LogP contribution in [-0.4, -0.2) is 25.5 Å². The molecule has 5 nitrogen and oxygen atoms in total. The summed E-state index contributed by atoms with van der Waals surface area (Å²) in [7, 11) is 1.50. The Hall–Kier alpha value is -3.02. The maximum absolute atomic E-state index is 13.5. The van der Waals surface area contributed by atoms with Crippen LogP contribution in [0.3, 0.4) is 0 Å². The van der Waals surface area contributed by atoms with Gasteiger partial charge in [-0.2, -0.15) is 0 Å². The number of benzene rings is 3. The highest BCUT2D eigenvalue weighted by Gasteiger charge is 2.25. The standard InChI is InChI=1S/C25H22Cl2N2O3/c1-32-23-15-18(28-24(30)19-7-2-3-8-21(19)27)10-11-20(23)25(31)29-13-5-4-6-16-14-17(26)9-12-22(16)29/h2-3,7-12,14-15H,4-6,13H2,1H3,(H,28,30). The molecule has 0 saturated heterocycles. The fraction of sp³-hybridized carbons (Fsp3) is 0.200. The molecule has 0 unspecified atom stereocenters. The van der Waals surface area contributed by atoms with Crippen molar-refractivity contribution in [3.05, 3.63) is 87.4 Å². The quantitative estimate of drug-likeness (QED) is 0.492. The predicted octanol–water partition coefficient (Wildman–Crippen LogP) is 6.24. The van der Waals surface area contributed by atoms with Gasteiger partial charge in [0.25, 0.3) is 11.8 Å². The van der Waals surface area contributed by atoms with Gasteiger partial charge in [0.15, 0.2) is 0 Å². The van der Waals surface area contributed by atoms with Gasteiger partial charge in [-0.05, 0) is 67.3 Å². The molecule has 0 fully saturated rings. The first-order valence-corrected chi connectivity index (χ1v) is 11.1. The molecule has 1 heterocycles. The summed E-state index contributed by atoms with van der Waals surface area (Å²) in [5.41, 5.74) is 3.23.